The quantitative estimate of drug-likeness (QED) is 0.905. The maximum Gasteiger partial charge on any atom is 0.240 e. The van der Waals surface area contributed by atoms with Gasteiger partial charge in [0.1, 0.15) is 11.6 Å². The maximum absolute atomic E-state index is 13.1. The minimum atomic E-state index is 0.0260. The molecule has 6 heteroatoms. The smallest absolute Gasteiger partial charge is 0.240 e. The van der Waals surface area contributed by atoms with Crippen LogP contribution >= 0.6 is 0 Å². The first-order valence-corrected chi connectivity index (χ1v) is 9.87. The Kier molecular flexibility index (Phi) is 5.16. The number of fused-ring (bicyclic) bond motifs is 1. The minimum Gasteiger partial charge on any atom is -0.497 e. The van der Waals surface area contributed by atoms with E-state index in [-0.39, 0.29) is 11.9 Å². The van der Waals surface area contributed by atoms with Crippen LogP contribution in [0.15, 0.2) is 24.3 Å². The molecule has 144 valence electrons. The topological polar surface area (TPSA) is 61.5 Å². The second-order valence-electron chi connectivity index (χ2n) is 7.59. The lowest BCUT2D eigenvalue weighted by atomic mass is 10.1. The first kappa shape index (κ1) is 18.0. The third-order valence-corrected chi connectivity index (χ3v) is 5.81. The Bertz CT molecular complexity index is 799. The average molecular weight is 368 g/mol. The van der Waals surface area contributed by atoms with Gasteiger partial charge in [-0.25, -0.2) is 4.98 Å². The summed E-state index contributed by atoms with van der Waals surface area (Å²) in [5.41, 5.74) is 3.18. The SMILES string of the molecule is COc1ccc(-c2nc3c([nH]2)CN(C(=O)[C@@H]2CCCCCN2C)CC3)cc1. The van der Waals surface area contributed by atoms with Crippen LogP contribution in [0.4, 0.5) is 0 Å². The Labute approximate surface area is 160 Å². The van der Waals surface area contributed by atoms with Crippen molar-refractivity contribution >= 4 is 5.91 Å². The van der Waals surface area contributed by atoms with Gasteiger partial charge in [-0.2, -0.15) is 0 Å². The molecule has 3 heterocycles. The summed E-state index contributed by atoms with van der Waals surface area (Å²) in [4.78, 5) is 25.6. The molecule has 2 aliphatic rings. The van der Waals surface area contributed by atoms with Crippen molar-refractivity contribution in [2.45, 2.75) is 44.7 Å². The van der Waals surface area contributed by atoms with Crippen molar-refractivity contribution in [2.75, 3.05) is 27.2 Å². The highest BCUT2D eigenvalue weighted by Gasteiger charge is 2.31. The van der Waals surface area contributed by atoms with Gasteiger partial charge in [-0.1, -0.05) is 12.8 Å². The van der Waals surface area contributed by atoms with Crippen molar-refractivity contribution in [2.24, 2.45) is 0 Å². The lowest BCUT2D eigenvalue weighted by molar-refractivity contribution is -0.137. The van der Waals surface area contributed by atoms with Crippen LogP contribution in [-0.2, 0) is 17.8 Å². The first-order valence-electron chi connectivity index (χ1n) is 9.87. The van der Waals surface area contributed by atoms with Crippen molar-refractivity contribution in [3.8, 4) is 17.1 Å². The summed E-state index contributed by atoms with van der Waals surface area (Å²) >= 11 is 0. The molecule has 1 aromatic heterocycles. The molecular formula is C21H28N4O2. The Balaban J connectivity index is 1.49. The summed E-state index contributed by atoms with van der Waals surface area (Å²) in [6.07, 6.45) is 5.34. The van der Waals surface area contributed by atoms with Crippen LogP contribution in [0, 0.1) is 0 Å². The van der Waals surface area contributed by atoms with Gasteiger partial charge in [0.2, 0.25) is 5.91 Å². The predicted molar refractivity (Wildman–Crippen MR) is 105 cm³/mol. The van der Waals surface area contributed by atoms with E-state index in [9.17, 15) is 4.79 Å². The number of amides is 1. The summed E-state index contributed by atoms with van der Waals surface area (Å²) in [7, 11) is 3.75. The number of carbonyl (C=O) groups excluding carboxylic acids is 1. The fraction of sp³-hybridized carbons (Fsp3) is 0.524. The second-order valence-corrected chi connectivity index (χ2v) is 7.59. The van der Waals surface area contributed by atoms with E-state index in [4.69, 9.17) is 9.72 Å². The number of rotatable bonds is 3. The molecule has 2 aliphatic heterocycles. The van der Waals surface area contributed by atoms with Crippen LogP contribution in [0.5, 0.6) is 5.75 Å². The third-order valence-electron chi connectivity index (χ3n) is 5.81. The summed E-state index contributed by atoms with van der Waals surface area (Å²) in [6.45, 7) is 2.39. The molecule has 1 fully saturated rings. The Morgan fingerprint density at radius 2 is 2.00 bits per heavy atom. The van der Waals surface area contributed by atoms with Crippen LogP contribution in [0.3, 0.4) is 0 Å². The molecule has 0 aliphatic carbocycles. The predicted octanol–water partition coefficient (Wildman–Crippen LogP) is 2.84. The Hall–Kier alpha value is -2.34. The molecule has 0 saturated carbocycles. The van der Waals surface area contributed by atoms with Gasteiger partial charge in [-0.05, 0) is 50.7 Å². The lowest BCUT2D eigenvalue weighted by Gasteiger charge is -2.33. The van der Waals surface area contributed by atoms with Gasteiger partial charge in [0.25, 0.3) is 0 Å². The molecule has 0 radical (unpaired) electrons. The average Bonchev–Trinajstić information content (AvgIpc) is 3.01. The van der Waals surface area contributed by atoms with Gasteiger partial charge >= 0.3 is 0 Å². The van der Waals surface area contributed by atoms with Gasteiger partial charge in [0, 0.05) is 18.5 Å². The number of benzene rings is 1. The number of likely N-dealkylation sites (tertiary alicyclic amines) is 1. The van der Waals surface area contributed by atoms with Gasteiger partial charge < -0.3 is 14.6 Å². The standard InChI is InChI=1S/C21H28N4O2/c1-24-12-5-3-4-6-19(24)21(26)25-13-11-17-18(14-25)23-20(22-17)15-7-9-16(27-2)10-8-15/h7-10,19H,3-6,11-14H2,1-2H3,(H,22,23)/t19-/m0/s1. The molecule has 27 heavy (non-hydrogen) atoms. The van der Waals surface area contributed by atoms with Crippen LogP contribution in [0.1, 0.15) is 37.1 Å². The highest BCUT2D eigenvalue weighted by molar-refractivity contribution is 5.82. The number of H-pyrrole nitrogens is 1. The number of hydrogen-bond acceptors (Lipinski definition) is 4. The molecule has 1 N–H and O–H groups in total. The number of methoxy groups -OCH3 is 1. The summed E-state index contributed by atoms with van der Waals surface area (Å²) in [5.74, 6) is 1.97. The van der Waals surface area contributed by atoms with Crippen molar-refractivity contribution in [3.05, 3.63) is 35.7 Å². The number of likely N-dealkylation sites (N-methyl/N-ethyl adjacent to an activating group) is 1. The van der Waals surface area contributed by atoms with Crippen molar-refractivity contribution in [3.63, 3.8) is 0 Å². The van der Waals surface area contributed by atoms with Crippen LogP contribution in [0.25, 0.3) is 11.4 Å². The molecule has 6 nitrogen and oxygen atoms in total. The normalized spacial score (nSPS) is 20.8. The summed E-state index contributed by atoms with van der Waals surface area (Å²) in [5, 5.41) is 0. The number of aromatic nitrogens is 2. The van der Waals surface area contributed by atoms with E-state index < -0.39 is 0 Å². The molecule has 0 bridgehead atoms. The van der Waals surface area contributed by atoms with Crippen molar-refractivity contribution < 1.29 is 9.53 Å². The van der Waals surface area contributed by atoms with E-state index in [1.54, 1.807) is 7.11 Å². The number of hydrogen-bond donors (Lipinski definition) is 1. The van der Waals surface area contributed by atoms with E-state index in [1.165, 1.54) is 12.8 Å². The van der Waals surface area contributed by atoms with Crippen molar-refractivity contribution in [1.29, 1.82) is 0 Å². The molecular weight excluding hydrogens is 340 g/mol. The van der Waals surface area contributed by atoms with Gasteiger partial charge in [-0.3, -0.25) is 9.69 Å². The fourth-order valence-electron chi connectivity index (χ4n) is 4.14. The van der Waals surface area contributed by atoms with E-state index in [0.717, 1.165) is 60.9 Å². The van der Waals surface area contributed by atoms with E-state index in [2.05, 4.69) is 16.9 Å². The number of imidazole rings is 1. The van der Waals surface area contributed by atoms with Crippen molar-refractivity contribution in [1.82, 2.24) is 19.8 Å². The molecule has 1 atom stereocenters. The number of aromatic amines is 1. The largest absolute Gasteiger partial charge is 0.497 e. The zero-order chi connectivity index (χ0) is 18.8. The number of nitrogens with one attached hydrogen (secondary N) is 1. The number of nitrogens with zero attached hydrogens (tertiary/aromatic N) is 3. The molecule has 0 unspecified atom stereocenters. The zero-order valence-corrected chi connectivity index (χ0v) is 16.2. The minimum absolute atomic E-state index is 0.0260. The molecule has 4 rings (SSSR count). The molecule has 0 spiro atoms. The molecule has 1 saturated heterocycles. The Morgan fingerprint density at radius 1 is 1.19 bits per heavy atom. The van der Waals surface area contributed by atoms with E-state index in [1.807, 2.05) is 29.2 Å². The molecule has 1 aromatic carbocycles. The third kappa shape index (κ3) is 3.72. The lowest BCUT2D eigenvalue weighted by Crippen LogP contribution is -2.48. The second kappa shape index (κ2) is 7.72. The van der Waals surface area contributed by atoms with E-state index >= 15 is 0 Å². The van der Waals surface area contributed by atoms with E-state index in [0.29, 0.717) is 6.54 Å². The van der Waals surface area contributed by atoms with Gasteiger partial charge in [0.15, 0.2) is 0 Å². The monoisotopic (exact) mass is 368 g/mol. The number of carbonyl (C=O) groups is 1. The first-order chi connectivity index (χ1) is 13.2. The Morgan fingerprint density at radius 3 is 2.78 bits per heavy atom. The zero-order valence-electron chi connectivity index (χ0n) is 16.2. The van der Waals surface area contributed by atoms with Crippen LogP contribution in [0.2, 0.25) is 0 Å². The summed E-state index contributed by atoms with van der Waals surface area (Å²) in [6, 6.07) is 7.92. The summed E-state index contributed by atoms with van der Waals surface area (Å²) < 4.78 is 5.22. The molecule has 2 aromatic rings. The fourth-order valence-corrected chi connectivity index (χ4v) is 4.14. The molecule has 1 amide bonds. The highest BCUT2D eigenvalue weighted by Crippen LogP contribution is 2.26. The van der Waals surface area contributed by atoms with Crippen LogP contribution in [-0.4, -0.2) is 59.0 Å². The highest BCUT2D eigenvalue weighted by atomic mass is 16.5. The van der Waals surface area contributed by atoms with Crippen LogP contribution < -0.4 is 4.74 Å². The number of ether oxygens (including phenoxy) is 1. The maximum atomic E-state index is 13.1. The van der Waals surface area contributed by atoms with Gasteiger partial charge in [-0.15, -0.1) is 0 Å². The van der Waals surface area contributed by atoms with Gasteiger partial charge in [0.05, 0.1) is 31.1 Å².